The summed E-state index contributed by atoms with van der Waals surface area (Å²) in [6.07, 6.45) is 1.76. The summed E-state index contributed by atoms with van der Waals surface area (Å²) in [5.41, 5.74) is 3.03. The van der Waals surface area contributed by atoms with E-state index in [1.54, 1.807) is 49.6 Å². The predicted molar refractivity (Wildman–Crippen MR) is 111 cm³/mol. The number of fused-ring (bicyclic) bond motifs is 1. The van der Waals surface area contributed by atoms with Gasteiger partial charge in [-0.15, -0.1) is 0 Å². The normalized spacial score (nSPS) is 11.6. The molecule has 5 heteroatoms. The highest BCUT2D eigenvalue weighted by atomic mass is 35.5. The Labute approximate surface area is 167 Å². The van der Waals surface area contributed by atoms with Crippen molar-refractivity contribution >= 4 is 40.1 Å². The van der Waals surface area contributed by atoms with E-state index < -0.39 is 0 Å². The number of benzene rings is 3. The van der Waals surface area contributed by atoms with Gasteiger partial charge in [0.2, 0.25) is 5.89 Å². The van der Waals surface area contributed by atoms with Crippen molar-refractivity contribution in [1.29, 1.82) is 0 Å². The second-order valence-corrected chi connectivity index (χ2v) is 6.59. The lowest BCUT2D eigenvalue weighted by Crippen LogP contribution is -2.03. The van der Waals surface area contributed by atoms with Crippen LogP contribution < -0.4 is 4.74 Å². The third-order valence-corrected chi connectivity index (χ3v) is 4.55. The zero-order chi connectivity index (χ0) is 19.5. The van der Waals surface area contributed by atoms with Crippen LogP contribution in [0.3, 0.4) is 0 Å². The van der Waals surface area contributed by atoms with Crippen molar-refractivity contribution in [2.45, 2.75) is 0 Å². The number of ether oxygens (including phenoxy) is 1. The molecule has 0 saturated heterocycles. The van der Waals surface area contributed by atoms with Gasteiger partial charge in [0.1, 0.15) is 11.3 Å². The third kappa shape index (κ3) is 3.68. The number of oxazole rings is 1. The van der Waals surface area contributed by atoms with Crippen LogP contribution in [0.15, 0.2) is 77.2 Å². The molecule has 4 nitrogen and oxygen atoms in total. The first-order chi connectivity index (χ1) is 13.6. The molecule has 138 valence electrons. The van der Waals surface area contributed by atoms with Crippen LogP contribution in [-0.2, 0) is 0 Å². The molecule has 0 amide bonds. The number of aromatic nitrogens is 1. The molecule has 0 fully saturated rings. The quantitative estimate of drug-likeness (QED) is 0.314. The van der Waals surface area contributed by atoms with Gasteiger partial charge in [-0.2, -0.15) is 0 Å². The fourth-order valence-corrected chi connectivity index (χ4v) is 2.96. The Kier molecular flexibility index (Phi) is 4.96. The van der Waals surface area contributed by atoms with Gasteiger partial charge in [0, 0.05) is 10.6 Å². The highest BCUT2D eigenvalue weighted by molar-refractivity contribution is 6.32. The Morgan fingerprint density at radius 2 is 1.71 bits per heavy atom. The Morgan fingerprint density at radius 1 is 1.00 bits per heavy atom. The Hall–Kier alpha value is -3.37. The van der Waals surface area contributed by atoms with E-state index in [0.29, 0.717) is 33.0 Å². The van der Waals surface area contributed by atoms with Crippen molar-refractivity contribution in [3.63, 3.8) is 0 Å². The van der Waals surface area contributed by atoms with E-state index in [1.807, 2.05) is 36.4 Å². The van der Waals surface area contributed by atoms with Crippen LogP contribution in [0.25, 0.3) is 22.7 Å². The Morgan fingerprint density at radius 3 is 2.39 bits per heavy atom. The van der Waals surface area contributed by atoms with Crippen molar-refractivity contribution in [1.82, 2.24) is 4.98 Å². The summed E-state index contributed by atoms with van der Waals surface area (Å²) in [5.74, 6) is 0.766. The van der Waals surface area contributed by atoms with E-state index in [-0.39, 0.29) is 11.7 Å². The molecule has 0 aliphatic rings. The lowest BCUT2D eigenvalue weighted by molar-refractivity contribution is 0.105. The molecule has 0 spiro atoms. The Balaban J connectivity index is 1.82. The predicted octanol–water partition coefficient (Wildman–Crippen LogP) is 5.91. The zero-order valence-corrected chi connectivity index (χ0v) is 15.8. The summed E-state index contributed by atoms with van der Waals surface area (Å²) in [7, 11) is 1.58. The minimum absolute atomic E-state index is 0.191. The maximum Gasteiger partial charge on any atom is 0.231 e. The number of carbonyl (C=O) groups is 1. The molecule has 4 rings (SSSR count). The topological polar surface area (TPSA) is 52.3 Å². The summed E-state index contributed by atoms with van der Waals surface area (Å²) >= 11 is 5.98. The SMILES string of the molecule is COc1ccc(C(=O)/C(=C\c2ccc(Cl)cc2)c2nc3ccccc3o2)cc1. The van der Waals surface area contributed by atoms with Crippen LogP contribution in [0.2, 0.25) is 5.02 Å². The van der Waals surface area contributed by atoms with Crippen molar-refractivity contribution in [2.75, 3.05) is 7.11 Å². The van der Waals surface area contributed by atoms with Gasteiger partial charge in [-0.1, -0.05) is 35.9 Å². The minimum atomic E-state index is -0.191. The molecule has 0 radical (unpaired) electrons. The number of Topliss-reactive ketones (excluding diaryl/α,β-unsaturated/α-hetero) is 1. The van der Waals surface area contributed by atoms with E-state index in [4.69, 9.17) is 20.8 Å². The smallest absolute Gasteiger partial charge is 0.231 e. The fraction of sp³-hybridized carbons (Fsp3) is 0.0435. The molecule has 1 heterocycles. The lowest BCUT2D eigenvalue weighted by atomic mass is 10.0. The molecule has 28 heavy (non-hydrogen) atoms. The number of methoxy groups -OCH3 is 1. The van der Waals surface area contributed by atoms with Crippen molar-refractivity contribution < 1.29 is 13.9 Å². The highest BCUT2D eigenvalue weighted by Gasteiger charge is 2.20. The number of carbonyl (C=O) groups excluding carboxylic acids is 1. The number of allylic oxidation sites excluding steroid dienone is 1. The maximum atomic E-state index is 13.3. The molecule has 1 aromatic heterocycles. The van der Waals surface area contributed by atoms with Gasteiger partial charge >= 0.3 is 0 Å². The average Bonchev–Trinajstić information content (AvgIpc) is 3.17. The van der Waals surface area contributed by atoms with Crippen molar-refractivity contribution in [3.05, 3.63) is 94.8 Å². The number of ketones is 1. The van der Waals surface area contributed by atoms with E-state index in [9.17, 15) is 4.79 Å². The second-order valence-electron chi connectivity index (χ2n) is 6.15. The van der Waals surface area contributed by atoms with Gasteiger partial charge < -0.3 is 9.15 Å². The van der Waals surface area contributed by atoms with Gasteiger partial charge in [0.05, 0.1) is 12.7 Å². The molecule has 0 unspecified atom stereocenters. The first-order valence-corrected chi connectivity index (χ1v) is 9.04. The monoisotopic (exact) mass is 389 g/mol. The molecular formula is C23H16ClNO3. The molecule has 0 atom stereocenters. The zero-order valence-electron chi connectivity index (χ0n) is 15.1. The lowest BCUT2D eigenvalue weighted by Gasteiger charge is -2.05. The van der Waals surface area contributed by atoms with Crippen LogP contribution in [0.4, 0.5) is 0 Å². The number of nitrogens with zero attached hydrogens (tertiary/aromatic N) is 1. The molecule has 3 aromatic carbocycles. The molecule has 0 saturated carbocycles. The van der Waals surface area contributed by atoms with E-state index >= 15 is 0 Å². The number of hydrogen-bond acceptors (Lipinski definition) is 4. The standard InChI is InChI=1S/C23H16ClNO3/c1-27-18-12-8-16(9-13-18)22(26)19(14-15-6-10-17(24)11-7-15)23-25-20-4-2-3-5-21(20)28-23/h2-14H,1H3/b19-14+. The number of hydrogen-bond donors (Lipinski definition) is 0. The molecule has 0 aliphatic carbocycles. The molecule has 0 N–H and O–H groups in total. The van der Waals surface area contributed by atoms with Crippen molar-refractivity contribution in [2.24, 2.45) is 0 Å². The fourth-order valence-electron chi connectivity index (χ4n) is 2.84. The third-order valence-electron chi connectivity index (χ3n) is 4.30. The molecule has 4 aromatic rings. The largest absolute Gasteiger partial charge is 0.497 e. The summed E-state index contributed by atoms with van der Waals surface area (Å²) in [5, 5.41) is 0.627. The van der Waals surface area contributed by atoms with Gasteiger partial charge in [-0.3, -0.25) is 4.79 Å². The van der Waals surface area contributed by atoms with E-state index in [0.717, 1.165) is 5.56 Å². The van der Waals surface area contributed by atoms with Crippen LogP contribution in [0, 0.1) is 0 Å². The summed E-state index contributed by atoms with van der Waals surface area (Å²) in [6.45, 7) is 0. The Bertz CT molecular complexity index is 1130. The van der Waals surface area contributed by atoms with Crippen LogP contribution in [0.1, 0.15) is 21.8 Å². The maximum absolute atomic E-state index is 13.3. The number of para-hydroxylation sites is 2. The van der Waals surface area contributed by atoms with Gasteiger partial charge in [-0.05, 0) is 60.2 Å². The second kappa shape index (κ2) is 7.71. The van der Waals surface area contributed by atoms with Crippen LogP contribution in [-0.4, -0.2) is 17.9 Å². The average molecular weight is 390 g/mol. The van der Waals surface area contributed by atoms with Crippen LogP contribution >= 0.6 is 11.6 Å². The number of rotatable bonds is 5. The summed E-state index contributed by atoms with van der Waals surface area (Å²) in [4.78, 5) is 17.8. The van der Waals surface area contributed by atoms with Gasteiger partial charge in [0.25, 0.3) is 0 Å². The highest BCUT2D eigenvalue weighted by Crippen LogP contribution is 2.27. The van der Waals surface area contributed by atoms with E-state index in [1.165, 1.54) is 0 Å². The van der Waals surface area contributed by atoms with Crippen molar-refractivity contribution in [3.8, 4) is 5.75 Å². The first kappa shape index (κ1) is 18.0. The van der Waals surface area contributed by atoms with Gasteiger partial charge in [-0.25, -0.2) is 4.98 Å². The molecular weight excluding hydrogens is 374 g/mol. The minimum Gasteiger partial charge on any atom is -0.497 e. The van der Waals surface area contributed by atoms with Crippen LogP contribution in [0.5, 0.6) is 5.75 Å². The van der Waals surface area contributed by atoms with E-state index in [2.05, 4.69) is 4.98 Å². The van der Waals surface area contributed by atoms with Gasteiger partial charge in [0.15, 0.2) is 11.4 Å². The first-order valence-electron chi connectivity index (χ1n) is 8.66. The summed E-state index contributed by atoms with van der Waals surface area (Å²) < 4.78 is 11.0. The number of halogens is 1. The molecule has 0 aliphatic heterocycles. The molecule has 0 bridgehead atoms. The summed E-state index contributed by atoms with van der Waals surface area (Å²) in [6, 6.07) is 21.6.